The van der Waals surface area contributed by atoms with E-state index in [1.807, 2.05) is 0 Å². The lowest BCUT2D eigenvalue weighted by Gasteiger charge is -2.50. The number of benzene rings is 1. The van der Waals surface area contributed by atoms with Crippen molar-refractivity contribution >= 4 is 22.5 Å². The molecule has 2 fully saturated rings. The van der Waals surface area contributed by atoms with Gasteiger partial charge in [0.15, 0.2) is 0 Å². The number of hydrogen-bond donors (Lipinski definition) is 1. The third-order valence-electron chi connectivity index (χ3n) is 10.6. The number of likely N-dealkylation sites (N-methyl/N-ethyl adjacent to an activating group) is 1. The maximum absolute atomic E-state index is 13.1. The molecule has 2 saturated carbocycles. The van der Waals surface area contributed by atoms with Gasteiger partial charge in [0.05, 0.1) is 25.9 Å². The number of nitrogens with zero attached hydrogens (tertiary/aromatic N) is 1. The van der Waals surface area contributed by atoms with Gasteiger partial charge < -0.3 is 19.1 Å². The van der Waals surface area contributed by atoms with E-state index in [0.29, 0.717) is 24.4 Å². The van der Waals surface area contributed by atoms with Crippen molar-refractivity contribution in [3.63, 3.8) is 0 Å². The highest BCUT2D eigenvalue weighted by Crippen LogP contribution is 2.62. The molecule has 0 aliphatic heterocycles. The summed E-state index contributed by atoms with van der Waals surface area (Å²) in [6.45, 7) is 5.35. The molecule has 0 spiro atoms. The quantitative estimate of drug-likeness (QED) is 0.125. The molecule has 0 heterocycles. The summed E-state index contributed by atoms with van der Waals surface area (Å²) in [6, 6.07) is 6.46. The summed E-state index contributed by atoms with van der Waals surface area (Å²) in [4.78, 5) is 1.30. The Morgan fingerprint density at radius 2 is 1.53 bits per heavy atom. The van der Waals surface area contributed by atoms with Crippen molar-refractivity contribution in [1.82, 2.24) is 4.90 Å². The summed E-state index contributed by atoms with van der Waals surface area (Å²) in [6.07, 6.45) is -13.6. The van der Waals surface area contributed by atoms with Crippen molar-refractivity contribution in [2.45, 2.75) is 107 Å². The van der Waals surface area contributed by atoms with Crippen molar-refractivity contribution in [3.8, 4) is 5.75 Å². The van der Waals surface area contributed by atoms with E-state index in [1.54, 1.807) is 0 Å². The fraction of sp³-hybridized carbons (Fsp3) is 0.812. The van der Waals surface area contributed by atoms with E-state index in [9.17, 15) is 39.5 Å². The second-order valence-electron chi connectivity index (χ2n) is 14.0. The molecule has 1 aromatic rings. The van der Waals surface area contributed by atoms with E-state index in [-0.39, 0.29) is 29.4 Å². The topological polar surface area (TPSA) is 30.9 Å². The summed E-state index contributed by atoms with van der Waals surface area (Å²) in [7, 11) is 2.90. The SMILES string of the molecule is CN(CCO[C@H]1CCC2C3CCc4cc(OCCC(C)(C)SS)ccc4C3CC[C@@]21C)CCOC(C(F)(F)F)(C(F)(F)F)C(F)(F)F. The molecule has 0 aromatic heterocycles. The predicted octanol–water partition coefficient (Wildman–Crippen LogP) is 9.43. The molecule has 15 heteroatoms. The average molecular weight is 726 g/mol. The number of ether oxygens (including phenoxy) is 3. The monoisotopic (exact) mass is 725 g/mol. The highest BCUT2D eigenvalue weighted by molar-refractivity contribution is 8.69. The van der Waals surface area contributed by atoms with Gasteiger partial charge in [-0.25, -0.2) is 0 Å². The highest BCUT2D eigenvalue weighted by Gasteiger charge is 2.85. The summed E-state index contributed by atoms with van der Waals surface area (Å²) in [5, 5.41) is 0. The van der Waals surface area contributed by atoms with Crippen LogP contribution in [0, 0.1) is 17.3 Å². The van der Waals surface area contributed by atoms with Crippen molar-refractivity contribution in [2.75, 3.05) is 40.0 Å². The number of halogens is 9. The minimum absolute atomic E-state index is 0.0278. The molecule has 3 aliphatic rings. The van der Waals surface area contributed by atoms with Crippen LogP contribution in [0.4, 0.5) is 39.5 Å². The standard InChI is InChI=1S/C32H44F9NO3S2/c1-27(2,47-46)13-16-43-21-6-8-22-20(19-21)5-7-24-23(22)11-12-28(3)25(24)9-10-26(28)44-17-14-42(4)15-18-45-29(30(33,34)35,31(36,37)38)32(39,40)41/h6,8,19,23-26,46H,5,7,9-18H2,1-4H3/t23?,24?,25?,26-,28-/m0/s1. The van der Waals surface area contributed by atoms with Crippen LogP contribution in [0.3, 0.4) is 0 Å². The molecule has 4 nitrogen and oxygen atoms in total. The fourth-order valence-corrected chi connectivity index (χ4v) is 8.33. The first-order valence-corrected chi connectivity index (χ1v) is 17.8. The summed E-state index contributed by atoms with van der Waals surface area (Å²) >= 11 is 4.33. The Morgan fingerprint density at radius 1 is 0.894 bits per heavy atom. The number of rotatable bonds is 13. The maximum Gasteiger partial charge on any atom is 0.435 e. The lowest BCUT2D eigenvalue weighted by Crippen LogP contribution is -2.68. The second-order valence-corrected chi connectivity index (χ2v) is 15.9. The molecule has 3 aliphatic carbocycles. The number of aryl methyl sites for hydroxylation is 1. The van der Waals surface area contributed by atoms with Crippen LogP contribution in [0.25, 0.3) is 0 Å². The van der Waals surface area contributed by atoms with Gasteiger partial charge >= 0.3 is 24.1 Å². The number of fused-ring (bicyclic) bond motifs is 5. The average Bonchev–Trinajstić information content (AvgIpc) is 3.29. The van der Waals surface area contributed by atoms with E-state index < -0.39 is 37.3 Å². The third kappa shape index (κ3) is 7.99. The first kappa shape index (κ1) is 38.8. The fourth-order valence-electron chi connectivity index (χ4n) is 7.88. The summed E-state index contributed by atoms with van der Waals surface area (Å²) in [5.74, 6) is 2.29. The molecule has 3 unspecified atom stereocenters. The van der Waals surface area contributed by atoms with Crippen molar-refractivity contribution in [2.24, 2.45) is 17.3 Å². The van der Waals surface area contributed by atoms with Gasteiger partial charge in [-0.1, -0.05) is 23.8 Å². The largest absolute Gasteiger partial charge is 0.494 e. The summed E-state index contributed by atoms with van der Waals surface area (Å²) in [5.41, 5.74) is -3.60. The summed E-state index contributed by atoms with van der Waals surface area (Å²) < 4.78 is 134. The van der Waals surface area contributed by atoms with Crippen LogP contribution in [-0.2, 0) is 15.9 Å². The predicted molar refractivity (Wildman–Crippen MR) is 166 cm³/mol. The maximum atomic E-state index is 13.1. The zero-order valence-corrected chi connectivity index (χ0v) is 28.7. The molecule has 0 amide bonds. The molecular weight excluding hydrogens is 681 g/mol. The Balaban J connectivity index is 1.29. The van der Waals surface area contributed by atoms with Crippen molar-refractivity contribution in [3.05, 3.63) is 29.3 Å². The Morgan fingerprint density at radius 3 is 2.15 bits per heavy atom. The molecule has 0 bridgehead atoms. The van der Waals surface area contributed by atoms with E-state index in [4.69, 9.17) is 9.47 Å². The minimum Gasteiger partial charge on any atom is -0.494 e. The van der Waals surface area contributed by atoms with E-state index in [0.717, 1.165) is 50.7 Å². The minimum atomic E-state index is -6.74. The van der Waals surface area contributed by atoms with Crippen LogP contribution in [-0.4, -0.2) is 79.8 Å². The number of thiol groups is 1. The second kappa shape index (κ2) is 14.3. The molecule has 1 aromatic carbocycles. The molecule has 47 heavy (non-hydrogen) atoms. The molecule has 0 saturated heterocycles. The van der Waals surface area contributed by atoms with Crippen LogP contribution in [0.2, 0.25) is 0 Å². The Bertz CT molecular complexity index is 1170. The van der Waals surface area contributed by atoms with Crippen molar-refractivity contribution in [1.29, 1.82) is 0 Å². The van der Waals surface area contributed by atoms with Gasteiger partial charge in [-0.15, -0.1) is 11.7 Å². The first-order valence-electron chi connectivity index (χ1n) is 15.9. The van der Waals surface area contributed by atoms with Gasteiger partial charge in [-0.05, 0) is 112 Å². The van der Waals surface area contributed by atoms with Crippen LogP contribution < -0.4 is 4.74 Å². The normalized spacial score (nSPS) is 27.0. The van der Waals surface area contributed by atoms with Gasteiger partial charge in [-0.2, -0.15) is 39.5 Å². The molecule has 4 rings (SSSR count). The highest BCUT2D eigenvalue weighted by atomic mass is 33.1. The molecule has 0 radical (unpaired) electrons. The Labute approximate surface area is 279 Å². The van der Waals surface area contributed by atoms with Crippen LogP contribution in [0.1, 0.15) is 76.3 Å². The number of alkyl halides is 9. The lowest BCUT2D eigenvalue weighted by atomic mass is 9.55. The third-order valence-corrected chi connectivity index (χ3v) is 12.8. The zero-order chi connectivity index (χ0) is 35.1. The molecule has 270 valence electrons. The van der Waals surface area contributed by atoms with Crippen LogP contribution in [0.5, 0.6) is 5.75 Å². The smallest absolute Gasteiger partial charge is 0.435 e. The van der Waals surface area contributed by atoms with Crippen LogP contribution >= 0.6 is 22.5 Å². The van der Waals surface area contributed by atoms with E-state index in [2.05, 4.69) is 55.4 Å². The lowest BCUT2D eigenvalue weighted by molar-refractivity contribution is -0.457. The first-order chi connectivity index (χ1) is 21.7. The van der Waals surface area contributed by atoms with E-state index >= 15 is 0 Å². The van der Waals surface area contributed by atoms with E-state index in [1.165, 1.54) is 33.9 Å². The Hall–Kier alpha value is -1.03. The molecular formula is C32H44F9NO3S2. The molecule has 5 atom stereocenters. The Kier molecular flexibility index (Phi) is 11.8. The van der Waals surface area contributed by atoms with Gasteiger partial charge in [0.2, 0.25) is 0 Å². The zero-order valence-electron chi connectivity index (χ0n) is 27.0. The number of hydrogen-bond acceptors (Lipinski definition) is 6. The van der Waals surface area contributed by atoms with Gasteiger partial charge in [0.25, 0.3) is 0 Å². The van der Waals surface area contributed by atoms with Gasteiger partial charge in [-0.3, -0.25) is 0 Å². The van der Waals surface area contributed by atoms with Gasteiger partial charge in [0.1, 0.15) is 5.75 Å². The van der Waals surface area contributed by atoms with Crippen LogP contribution in [0.15, 0.2) is 18.2 Å². The van der Waals surface area contributed by atoms with Gasteiger partial charge in [0, 0.05) is 17.8 Å². The molecule has 0 N–H and O–H groups in total. The van der Waals surface area contributed by atoms with Crippen molar-refractivity contribution < 1.29 is 53.7 Å².